The van der Waals surface area contributed by atoms with Crippen LogP contribution in [-0.2, 0) is 11.2 Å². The zero-order valence-electron chi connectivity index (χ0n) is 11.0. The second-order valence-corrected chi connectivity index (χ2v) is 6.00. The molecule has 1 aliphatic carbocycles. The molecule has 0 saturated heterocycles. The molecule has 1 fully saturated rings. The van der Waals surface area contributed by atoms with Gasteiger partial charge in [-0.2, -0.15) is 4.37 Å². The van der Waals surface area contributed by atoms with Gasteiger partial charge in [0.25, 0.3) is 0 Å². The van der Waals surface area contributed by atoms with E-state index in [1.165, 1.54) is 11.5 Å². The minimum atomic E-state index is 0.172. The standard InChI is InChI=1S/C12H21N3OS/c1-5-6-10-14-11(17-15-10)13-8-7-9(16-4)12(8,2)3/h8-9H,5-7H2,1-4H3,(H,13,14,15). The van der Waals surface area contributed by atoms with E-state index in [0.717, 1.165) is 30.2 Å². The summed E-state index contributed by atoms with van der Waals surface area (Å²) in [6.07, 6.45) is 3.46. The maximum Gasteiger partial charge on any atom is 0.202 e. The van der Waals surface area contributed by atoms with Crippen molar-refractivity contribution in [2.45, 2.75) is 52.2 Å². The van der Waals surface area contributed by atoms with Gasteiger partial charge in [0.15, 0.2) is 0 Å². The third kappa shape index (κ3) is 2.45. The average Bonchev–Trinajstić information content (AvgIpc) is 2.72. The molecule has 2 unspecified atom stereocenters. The molecule has 4 nitrogen and oxygen atoms in total. The zero-order valence-corrected chi connectivity index (χ0v) is 11.8. The Morgan fingerprint density at radius 1 is 1.53 bits per heavy atom. The zero-order chi connectivity index (χ0) is 12.5. The first kappa shape index (κ1) is 12.8. The maximum absolute atomic E-state index is 5.44. The van der Waals surface area contributed by atoms with E-state index >= 15 is 0 Å². The third-order valence-electron chi connectivity index (χ3n) is 3.70. The van der Waals surface area contributed by atoms with Crippen LogP contribution in [0.2, 0.25) is 0 Å². The lowest BCUT2D eigenvalue weighted by molar-refractivity contribution is -0.0794. The third-order valence-corrected chi connectivity index (χ3v) is 4.39. The largest absolute Gasteiger partial charge is 0.381 e. The Morgan fingerprint density at radius 3 is 2.88 bits per heavy atom. The predicted molar refractivity (Wildman–Crippen MR) is 70.5 cm³/mol. The molecule has 96 valence electrons. The van der Waals surface area contributed by atoms with E-state index in [1.807, 2.05) is 0 Å². The van der Waals surface area contributed by atoms with Crippen LogP contribution < -0.4 is 5.32 Å². The van der Waals surface area contributed by atoms with Gasteiger partial charge in [-0.05, 0) is 12.8 Å². The summed E-state index contributed by atoms with van der Waals surface area (Å²) < 4.78 is 9.78. The summed E-state index contributed by atoms with van der Waals surface area (Å²) >= 11 is 1.46. The van der Waals surface area contributed by atoms with Crippen LogP contribution in [0.3, 0.4) is 0 Å². The van der Waals surface area contributed by atoms with E-state index in [2.05, 4.69) is 35.4 Å². The lowest BCUT2D eigenvalue weighted by atomic mass is 9.64. The SMILES string of the molecule is CCCc1nsc(NC2CC(OC)C2(C)C)n1. The van der Waals surface area contributed by atoms with E-state index in [4.69, 9.17) is 4.74 Å². The summed E-state index contributed by atoms with van der Waals surface area (Å²) in [5.74, 6) is 0.959. The number of aryl methyl sites for hydroxylation is 1. The van der Waals surface area contributed by atoms with Crippen molar-refractivity contribution in [1.82, 2.24) is 9.36 Å². The van der Waals surface area contributed by atoms with Crippen molar-refractivity contribution >= 4 is 16.7 Å². The highest BCUT2D eigenvalue weighted by atomic mass is 32.1. The molecule has 0 radical (unpaired) electrons. The summed E-state index contributed by atoms with van der Waals surface area (Å²) in [6.45, 7) is 6.61. The number of nitrogens with one attached hydrogen (secondary N) is 1. The van der Waals surface area contributed by atoms with Crippen LogP contribution in [-0.4, -0.2) is 28.6 Å². The summed E-state index contributed by atoms with van der Waals surface area (Å²) in [6, 6.07) is 0.440. The highest BCUT2D eigenvalue weighted by molar-refractivity contribution is 7.09. The number of methoxy groups -OCH3 is 1. The van der Waals surface area contributed by atoms with Crippen LogP contribution in [0.25, 0.3) is 0 Å². The lowest BCUT2D eigenvalue weighted by Crippen LogP contribution is -2.57. The molecule has 0 spiro atoms. The van der Waals surface area contributed by atoms with Crippen molar-refractivity contribution in [2.24, 2.45) is 5.41 Å². The number of ether oxygens (including phenoxy) is 1. The lowest BCUT2D eigenvalue weighted by Gasteiger charge is -2.51. The molecule has 0 amide bonds. The predicted octanol–water partition coefficient (Wildman–Crippen LogP) is 2.72. The van der Waals surface area contributed by atoms with E-state index in [9.17, 15) is 0 Å². The highest BCUT2D eigenvalue weighted by Crippen LogP contribution is 2.44. The normalized spacial score (nSPS) is 26.6. The molecule has 1 aromatic rings. The van der Waals surface area contributed by atoms with E-state index in [1.54, 1.807) is 7.11 Å². The van der Waals surface area contributed by atoms with Gasteiger partial charge in [-0.1, -0.05) is 20.8 Å². The molecule has 0 aliphatic heterocycles. The molecule has 2 rings (SSSR count). The van der Waals surface area contributed by atoms with Gasteiger partial charge >= 0.3 is 0 Å². The Bertz CT molecular complexity index is 378. The van der Waals surface area contributed by atoms with Gasteiger partial charge in [0.1, 0.15) is 5.82 Å². The van der Waals surface area contributed by atoms with Crippen LogP contribution in [0, 0.1) is 5.41 Å². The Morgan fingerprint density at radius 2 is 2.29 bits per heavy atom. The van der Waals surface area contributed by atoms with E-state index < -0.39 is 0 Å². The van der Waals surface area contributed by atoms with E-state index in [-0.39, 0.29) is 5.41 Å². The molecule has 0 aromatic carbocycles. The number of rotatable bonds is 5. The molecule has 1 heterocycles. The van der Waals surface area contributed by atoms with Gasteiger partial charge in [-0.15, -0.1) is 0 Å². The monoisotopic (exact) mass is 255 g/mol. The molecule has 1 aliphatic rings. The van der Waals surface area contributed by atoms with Gasteiger partial charge in [-0.3, -0.25) is 0 Å². The Kier molecular flexibility index (Phi) is 3.68. The minimum absolute atomic E-state index is 0.172. The van der Waals surface area contributed by atoms with Crippen LogP contribution >= 0.6 is 11.5 Å². The van der Waals surface area contributed by atoms with Crippen molar-refractivity contribution in [3.05, 3.63) is 5.82 Å². The highest BCUT2D eigenvalue weighted by Gasteiger charge is 2.48. The summed E-state index contributed by atoms with van der Waals surface area (Å²) in [5.41, 5.74) is 0.172. The molecule has 0 bridgehead atoms. The molecular weight excluding hydrogens is 234 g/mol. The fraction of sp³-hybridized carbons (Fsp3) is 0.833. The first-order valence-electron chi connectivity index (χ1n) is 6.19. The number of hydrogen-bond donors (Lipinski definition) is 1. The van der Waals surface area contributed by atoms with Crippen LogP contribution in [0.15, 0.2) is 0 Å². The van der Waals surface area contributed by atoms with Crippen molar-refractivity contribution in [3.8, 4) is 0 Å². The molecule has 17 heavy (non-hydrogen) atoms. The van der Waals surface area contributed by atoms with Crippen molar-refractivity contribution in [2.75, 3.05) is 12.4 Å². The minimum Gasteiger partial charge on any atom is -0.381 e. The first-order valence-corrected chi connectivity index (χ1v) is 6.97. The van der Waals surface area contributed by atoms with Gasteiger partial charge in [0, 0.05) is 36.5 Å². The quantitative estimate of drug-likeness (QED) is 0.879. The first-order chi connectivity index (χ1) is 8.07. The van der Waals surface area contributed by atoms with E-state index in [0.29, 0.717) is 12.1 Å². The summed E-state index contributed by atoms with van der Waals surface area (Å²) in [4.78, 5) is 4.49. The Hall–Kier alpha value is -0.680. The Labute approximate surface area is 107 Å². The molecule has 2 atom stereocenters. The van der Waals surface area contributed by atoms with Crippen molar-refractivity contribution < 1.29 is 4.74 Å². The number of anilines is 1. The Balaban J connectivity index is 1.93. The van der Waals surface area contributed by atoms with Crippen molar-refractivity contribution in [3.63, 3.8) is 0 Å². The fourth-order valence-corrected chi connectivity index (χ4v) is 2.98. The topological polar surface area (TPSA) is 47.0 Å². The average molecular weight is 255 g/mol. The van der Waals surface area contributed by atoms with Crippen molar-refractivity contribution in [1.29, 1.82) is 0 Å². The van der Waals surface area contributed by atoms with Crippen LogP contribution in [0.1, 0.15) is 39.4 Å². The van der Waals surface area contributed by atoms with Crippen LogP contribution in [0.5, 0.6) is 0 Å². The number of hydrogen-bond acceptors (Lipinski definition) is 5. The molecule has 5 heteroatoms. The van der Waals surface area contributed by atoms with Gasteiger partial charge < -0.3 is 10.1 Å². The molecular formula is C12H21N3OS. The summed E-state index contributed by atoms with van der Waals surface area (Å²) in [7, 11) is 1.78. The second-order valence-electron chi connectivity index (χ2n) is 5.24. The number of nitrogens with zero attached hydrogens (tertiary/aromatic N) is 2. The van der Waals surface area contributed by atoms with Gasteiger partial charge in [-0.25, -0.2) is 4.98 Å². The molecule has 1 N–H and O–H groups in total. The van der Waals surface area contributed by atoms with Gasteiger partial charge in [0.05, 0.1) is 6.10 Å². The molecule has 1 saturated carbocycles. The van der Waals surface area contributed by atoms with Crippen LogP contribution in [0.4, 0.5) is 5.13 Å². The smallest absolute Gasteiger partial charge is 0.202 e. The fourth-order valence-electron chi connectivity index (χ4n) is 2.32. The molecule has 1 aromatic heterocycles. The maximum atomic E-state index is 5.44. The second kappa shape index (κ2) is 4.90. The summed E-state index contributed by atoms with van der Waals surface area (Å²) in [5, 5.41) is 4.42. The number of aromatic nitrogens is 2. The van der Waals surface area contributed by atoms with Gasteiger partial charge in [0.2, 0.25) is 5.13 Å².